The monoisotopic (exact) mass is 1530 g/mol. The zero-order valence-corrected chi connectivity index (χ0v) is 60.4. The van der Waals surface area contributed by atoms with Crippen LogP contribution >= 0.6 is 0 Å². The van der Waals surface area contributed by atoms with Gasteiger partial charge in [-0.1, -0.05) is 53.2 Å². The highest BCUT2D eigenvalue weighted by Crippen LogP contribution is 2.76. The lowest BCUT2D eigenvalue weighted by Gasteiger charge is -2.71. The maximum Gasteiger partial charge on any atom is 0.335 e. The van der Waals surface area contributed by atoms with Crippen LogP contribution in [0.2, 0.25) is 0 Å². The lowest BCUT2D eigenvalue weighted by molar-refractivity contribution is -0.394. The number of fused-ring (bicyclic) bond motifs is 7. The van der Waals surface area contributed by atoms with E-state index in [1.165, 1.54) is 13.8 Å². The summed E-state index contributed by atoms with van der Waals surface area (Å²) in [5.41, 5.74) is -3.63. The molecular weight excluding hydrogens is 1420 g/mol. The Labute approximate surface area is 610 Å². The Bertz CT molecular complexity index is 3100. The zero-order valence-electron chi connectivity index (χ0n) is 60.4. The standard InChI is InChI=1S/C70H110O36/c1-25-36(76)43(83)54(104-61-49(89)52(102-59-46(86)41(81)39(79)31(20-71)97-59)50(26(2)96-61)100-57-44(84)37(77)29(74)22-93-57)62(95-25)106-64(92)70-17-15-65(3,4)19-28(70)27-9-10-34-66(5)13-12-35(67(6,24-73)33(66)11-14-69(34,8)68(27,7)16-18-70)99-63-55(105-60-47(87)42(82)40(80)32(21-72)98-60)51(48(88)53(103-63)56(90)91)101-58-45(85)38(78)30(75)23-94-58/h9,24-26,28-55,57-63,71-72,74-89H,10-23H2,1-8H3,(H,90,91)/t25-,26+,28+,29-,30-,31-,32-,33-,34-,35+,36+,37+,38+,39-,40+,41+,42+,43+,44-,45-,46-,47-,48+,49-,50+,51+,52+,53+,54-,55-,57+,58+,59+,60+,61+,62+,63-,66+,67+,68-,69-,70+/m1/s1. The minimum Gasteiger partial charge on any atom is -0.479 e. The van der Waals surface area contributed by atoms with E-state index >= 15 is 4.79 Å². The first-order chi connectivity index (χ1) is 49.8. The third-order valence-corrected chi connectivity index (χ3v) is 26.8. The maximum atomic E-state index is 15.8. The van der Waals surface area contributed by atoms with Crippen LogP contribution in [-0.4, -0.2) is 351 Å². The summed E-state index contributed by atoms with van der Waals surface area (Å²) in [6.07, 6.45) is -53.9. The Balaban J connectivity index is 0.805. The normalized spacial score (nSPS) is 54.7. The van der Waals surface area contributed by atoms with Gasteiger partial charge in [-0.2, -0.15) is 0 Å². The number of rotatable bonds is 18. The van der Waals surface area contributed by atoms with Crippen molar-refractivity contribution in [3.05, 3.63) is 11.6 Å². The molecule has 12 rings (SSSR count). The number of carboxylic acids is 1. The molecular formula is C70H110O36. The fraction of sp³-hybridized carbons (Fsp3) is 0.929. The van der Waals surface area contributed by atoms with Crippen molar-refractivity contribution in [3.63, 3.8) is 0 Å². The van der Waals surface area contributed by atoms with Gasteiger partial charge in [0.2, 0.25) is 6.29 Å². The van der Waals surface area contributed by atoms with E-state index in [0.29, 0.717) is 57.8 Å². The molecule has 36 nitrogen and oxygen atoms in total. The minimum atomic E-state index is -2.21. The number of carbonyl (C=O) groups is 3. The smallest absolute Gasteiger partial charge is 0.335 e. The van der Waals surface area contributed by atoms with Crippen LogP contribution in [0.25, 0.3) is 0 Å². The van der Waals surface area contributed by atoms with Gasteiger partial charge in [0, 0.05) is 0 Å². The largest absolute Gasteiger partial charge is 0.479 e. The highest BCUT2D eigenvalue weighted by molar-refractivity contribution is 5.79. The molecule has 7 saturated heterocycles. The topological polar surface area (TPSA) is 565 Å². The molecule has 0 spiro atoms. The number of aldehydes is 1. The van der Waals surface area contributed by atoms with Crippen molar-refractivity contribution in [1.29, 1.82) is 0 Å². The Kier molecular flexibility index (Phi) is 24.3. The number of carboxylic acid groups (broad SMARTS) is 1. The number of aliphatic hydroxyl groups excluding tert-OH is 18. The van der Waals surface area contributed by atoms with Gasteiger partial charge in [-0.15, -0.1) is 0 Å². The Morgan fingerprint density at radius 3 is 1.56 bits per heavy atom. The van der Waals surface area contributed by atoms with E-state index in [4.69, 9.17) is 66.3 Å². The number of carbonyl (C=O) groups excluding carboxylic acids is 2. The first kappa shape index (κ1) is 82.6. The first-order valence-electron chi connectivity index (χ1n) is 36.9. The summed E-state index contributed by atoms with van der Waals surface area (Å²) in [5, 5.41) is 207. The summed E-state index contributed by atoms with van der Waals surface area (Å²) >= 11 is 0. The lowest BCUT2D eigenvalue weighted by atomic mass is 9.33. The second kappa shape index (κ2) is 31.1. The summed E-state index contributed by atoms with van der Waals surface area (Å²) in [7, 11) is 0. The predicted octanol–water partition coefficient (Wildman–Crippen LogP) is -5.96. The van der Waals surface area contributed by atoms with Gasteiger partial charge in [-0.25, -0.2) is 4.79 Å². The van der Waals surface area contributed by atoms with E-state index in [1.54, 1.807) is 6.92 Å². The molecule has 606 valence electrons. The summed E-state index contributed by atoms with van der Waals surface area (Å²) in [6.45, 7) is 12.6. The molecule has 11 fully saturated rings. The average Bonchev–Trinajstić information content (AvgIpc) is 0.673. The van der Waals surface area contributed by atoms with Crippen LogP contribution < -0.4 is 0 Å². The molecule has 0 aromatic rings. The van der Waals surface area contributed by atoms with Gasteiger partial charge in [0.1, 0.15) is 141 Å². The first-order valence-corrected chi connectivity index (χ1v) is 36.9. The van der Waals surface area contributed by atoms with Gasteiger partial charge in [0.25, 0.3) is 0 Å². The minimum absolute atomic E-state index is 0.127. The molecule has 106 heavy (non-hydrogen) atoms. The van der Waals surface area contributed by atoms with E-state index in [1.807, 2.05) is 0 Å². The van der Waals surface area contributed by atoms with Gasteiger partial charge in [-0.3, -0.25) is 4.79 Å². The predicted molar refractivity (Wildman–Crippen MR) is 347 cm³/mol. The third kappa shape index (κ3) is 14.2. The fourth-order valence-corrected chi connectivity index (χ4v) is 20.1. The summed E-state index contributed by atoms with van der Waals surface area (Å²) < 4.78 is 85.0. The molecule has 0 unspecified atom stereocenters. The maximum absolute atomic E-state index is 15.8. The molecule has 36 heteroatoms. The number of allylic oxidation sites excluding steroid dienone is 2. The van der Waals surface area contributed by atoms with Crippen LogP contribution in [-0.2, 0) is 80.7 Å². The molecule has 4 saturated carbocycles. The highest BCUT2D eigenvalue weighted by Gasteiger charge is 2.72. The molecule has 5 aliphatic carbocycles. The van der Waals surface area contributed by atoms with E-state index in [-0.39, 0.29) is 17.8 Å². The van der Waals surface area contributed by atoms with Crippen molar-refractivity contribution < 1.29 is 178 Å². The number of hydrogen-bond acceptors (Lipinski definition) is 35. The van der Waals surface area contributed by atoms with Crippen LogP contribution in [0.4, 0.5) is 0 Å². The number of aliphatic carboxylic acids is 1. The number of aliphatic hydroxyl groups is 18. The molecule has 0 bridgehead atoms. The molecule has 0 aromatic heterocycles. The Hall–Kier alpha value is -2.89. The summed E-state index contributed by atoms with van der Waals surface area (Å²) in [4.78, 5) is 43.1. The van der Waals surface area contributed by atoms with Crippen molar-refractivity contribution in [2.45, 2.75) is 328 Å². The fourth-order valence-electron chi connectivity index (χ4n) is 20.1. The van der Waals surface area contributed by atoms with Crippen molar-refractivity contribution in [2.24, 2.45) is 50.2 Å². The molecule has 42 atom stereocenters. The van der Waals surface area contributed by atoms with Crippen LogP contribution in [0.1, 0.15) is 120 Å². The molecule has 7 heterocycles. The Morgan fingerprint density at radius 1 is 0.481 bits per heavy atom. The van der Waals surface area contributed by atoms with Crippen molar-refractivity contribution in [3.8, 4) is 0 Å². The van der Waals surface area contributed by atoms with Crippen molar-refractivity contribution in [2.75, 3.05) is 26.4 Å². The van der Waals surface area contributed by atoms with Gasteiger partial charge in [-0.05, 0) is 117 Å². The summed E-state index contributed by atoms with van der Waals surface area (Å²) in [5.74, 6) is -3.43. The van der Waals surface area contributed by atoms with Crippen LogP contribution in [0.15, 0.2) is 11.6 Å². The number of esters is 1. The van der Waals surface area contributed by atoms with Crippen LogP contribution in [0.5, 0.6) is 0 Å². The van der Waals surface area contributed by atoms with E-state index in [0.717, 1.165) is 11.9 Å². The van der Waals surface area contributed by atoms with Gasteiger partial charge >= 0.3 is 11.9 Å². The molecule has 7 aliphatic heterocycles. The highest BCUT2D eigenvalue weighted by atomic mass is 16.8. The molecule has 12 aliphatic rings. The number of hydrogen-bond donors (Lipinski definition) is 19. The summed E-state index contributed by atoms with van der Waals surface area (Å²) in [6, 6.07) is 0. The van der Waals surface area contributed by atoms with Gasteiger partial charge in [0.05, 0.1) is 55.6 Å². The molecule has 0 radical (unpaired) electrons. The molecule has 0 amide bonds. The quantitative estimate of drug-likeness (QED) is 0.0263. The van der Waals surface area contributed by atoms with Crippen LogP contribution in [0.3, 0.4) is 0 Å². The lowest BCUT2D eigenvalue weighted by Crippen LogP contribution is -2.69. The van der Waals surface area contributed by atoms with Gasteiger partial charge < -0.3 is 168 Å². The molecule has 0 aromatic carbocycles. The van der Waals surface area contributed by atoms with E-state index in [2.05, 4.69) is 40.7 Å². The average molecular weight is 1530 g/mol. The number of ether oxygens (including phenoxy) is 14. The second-order valence-corrected chi connectivity index (χ2v) is 33.5. The Morgan fingerprint density at radius 2 is 0.991 bits per heavy atom. The second-order valence-electron chi connectivity index (χ2n) is 33.5. The van der Waals surface area contributed by atoms with Crippen molar-refractivity contribution >= 4 is 18.2 Å². The molecule has 19 N–H and O–H groups in total. The zero-order chi connectivity index (χ0) is 77.3. The van der Waals surface area contributed by atoms with E-state index in [9.17, 15) is 107 Å². The van der Waals surface area contributed by atoms with Gasteiger partial charge in [0.15, 0.2) is 49.9 Å². The third-order valence-electron chi connectivity index (χ3n) is 26.8. The van der Waals surface area contributed by atoms with Crippen LogP contribution in [0, 0.1) is 50.2 Å². The SMILES string of the molecule is C[C@@H]1O[C@@H](O[C@H]2[C@H](OC(=O)[C@]34CCC(C)(C)C[C@H]3C3=CC[C@@H]5[C@@]6(C)CC[C@H](O[C@@H]7O[C@H](C(=O)O)[C@@H](O)[C@H](O[C@@H]8OC[C@@H](O)[C@H](O)[C@H]8O)[C@H]7O[C@@H]7O[C@H](CO)[C@H](O)[C@H](O)[C@H]7O)[C@@](C)(C=O)[C@@H]6CC[C@@]5(C)[C@]3(C)CC4)O[C@H](C)[C@H](O)[C@@H]2O)[C@H](O)[C@H](O[C@@H]2O[C@H](CO)[C@@H](O)[C@H](O)[C@H]2O)[C@H]1O[C@@H]1OC[C@@H](O)[C@H](O)[C@H]1O. The van der Waals surface area contributed by atoms with Crippen molar-refractivity contribution in [1.82, 2.24) is 0 Å². The van der Waals surface area contributed by atoms with E-state index < -0.39 is 286 Å².